The minimum atomic E-state index is -3.74. The first-order valence-electron chi connectivity index (χ1n) is 4.59. The van der Waals surface area contributed by atoms with Crippen molar-refractivity contribution in [2.24, 2.45) is 7.05 Å². The van der Waals surface area contributed by atoms with Crippen molar-refractivity contribution in [1.82, 2.24) is 15.0 Å². The van der Waals surface area contributed by atoms with Gasteiger partial charge in [0.2, 0.25) is 14.9 Å². The van der Waals surface area contributed by atoms with Crippen molar-refractivity contribution >= 4 is 27.3 Å². The highest BCUT2D eigenvalue weighted by molar-refractivity contribution is 7.91. The van der Waals surface area contributed by atoms with Crippen LogP contribution in [0.5, 0.6) is 0 Å². The zero-order chi connectivity index (χ0) is 12.6. The van der Waals surface area contributed by atoms with Gasteiger partial charge in [-0.25, -0.2) is 13.1 Å². The molecule has 90 valence electrons. The summed E-state index contributed by atoms with van der Waals surface area (Å²) in [6.45, 7) is 0. The molecule has 2 aromatic rings. The predicted octanol–water partition coefficient (Wildman–Crippen LogP) is 0.883. The number of rotatable bonds is 2. The van der Waals surface area contributed by atoms with Gasteiger partial charge in [-0.05, 0) is 24.3 Å². The topological polar surface area (TPSA) is 90.9 Å². The van der Waals surface area contributed by atoms with Crippen molar-refractivity contribution < 1.29 is 8.42 Å². The van der Waals surface area contributed by atoms with Gasteiger partial charge in [-0.3, -0.25) is 0 Å². The summed E-state index contributed by atoms with van der Waals surface area (Å²) < 4.78 is 25.5. The summed E-state index contributed by atoms with van der Waals surface area (Å²) in [4.78, 5) is 0.0779. The van der Waals surface area contributed by atoms with Crippen molar-refractivity contribution in [2.75, 3.05) is 5.73 Å². The van der Waals surface area contributed by atoms with E-state index in [1.165, 1.54) is 36.0 Å². The zero-order valence-corrected chi connectivity index (χ0v) is 10.4. The van der Waals surface area contributed by atoms with Crippen LogP contribution in [-0.4, -0.2) is 23.4 Å². The lowest BCUT2D eigenvalue weighted by Gasteiger charge is -2.02. The molecule has 0 spiro atoms. The van der Waals surface area contributed by atoms with E-state index in [0.29, 0.717) is 5.02 Å². The molecular formula is C9H9ClN4O2S. The maximum absolute atomic E-state index is 12.1. The van der Waals surface area contributed by atoms with Gasteiger partial charge in [-0.15, -0.1) is 5.10 Å². The lowest BCUT2D eigenvalue weighted by atomic mass is 10.4. The van der Waals surface area contributed by atoms with E-state index < -0.39 is 9.84 Å². The van der Waals surface area contributed by atoms with Gasteiger partial charge in [-0.2, -0.15) is 0 Å². The van der Waals surface area contributed by atoms with Crippen LogP contribution in [0.1, 0.15) is 0 Å². The summed E-state index contributed by atoms with van der Waals surface area (Å²) in [6.07, 6.45) is 0. The number of hydrogen-bond donors (Lipinski definition) is 1. The summed E-state index contributed by atoms with van der Waals surface area (Å²) in [5, 5.41) is 7.32. The summed E-state index contributed by atoms with van der Waals surface area (Å²) in [5.74, 6) is -0.0000463. The second-order valence-corrected chi connectivity index (χ2v) is 5.66. The van der Waals surface area contributed by atoms with E-state index in [9.17, 15) is 8.42 Å². The molecule has 0 atom stereocenters. The van der Waals surface area contributed by atoms with Crippen molar-refractivity contribution in [2.45, 2.75) is 9.92 Å². The van der Waals surface area contributed by atoms with Gasteiger partial charge >= 0.3 is 0 Å². The molecule has 0 unspecified atom stereocenters. The van der Waals surface area contributed by atoms with E-state index in [4.69, 9.17) is 17.3 Å². The Kier molecular flexibility index (Phi) is 2.80. The van der Waals surface area contributed by atoms with Crippen LogP contribution in [-0.2, 0) is 16.9 Å². The Morgan fingerprint density at radius 3 is 2.35 bits per heavy atom. The smallest absolute Gasteiger partial charge is 0.229 e. The number of nitrogens with zero attached hydrogens (tertiary/aromatic N) is 3. The Morgan fingerprint density at radius 2 is 1.88 bits per heavy atom. The molecule has 0 radical (unpaired) electrons. The van der Waals surface area contributed by atoms with Crippen molar-refractivity contribution in [3.05, 3.63) is 29.3 Å². The van der Waals surface area contributed by atoms with Crippen molar-refractivity contribution in [1.29, 1.82) is 0 Å². The number of aromatic nitrogens is 3. The van der Waals surface area contributed by atoms with Crippen LogP contribution >= 0.6 is 11.6 Å². The molecule has 1 heterocycles. The van der Waals surface area contributed by atoms with Crippen molar-refractivity contribution in [3.63, 3.8) is 0 Å². The Morgan fingerprint density at radius 1 is 1.29 bits per heavy atom. The minimum Gasteiger partial charge on any atom is -0.381 e. The molecule has 0 aliphatic heterocycles. The molecule has 8 heteroatoms. The molecule has 2 N–H and O–H groups in total. The van der Waals surface area contributed by atoms with Gasteiger partial charge < -0.3 is 5.73 Å². The molecule has 0 fully saturated rings. The fourth-order valence-electron chi connectivity index (χ4n) is 1.26. The van der Waals surface area contributed by atoms with E-state index >= 15 is 0 Å². The van der Waals surface area contributed by atoms with Gasteiger partial charge in [0.1, 0.15) is 0 Å². The third-order valence-corrected chi connectivity index (χ3v) is 4.16. The number of nitrogens with two attached hydrogens (primary N) is 1. The number of anilines is 1. The van der Waals surface area contributed by atoms with E-state index in [1.807, 2.05) is 0 Å². The quantitative estimate of drug-likeness (QED) is 0.876. The molecule has 1 aromatic carbocycles. The molecule has 1 aromatic heterocycles. The fraction of sp³-hybridized carbons (Fsp3) is 0.111. The van der Waals surface area contributed by atoms with E-state index in [-0.39, 0.29) is 15.7 Å². The summed E-state index contributed by atoms with van der Waals surface area (Å²) in [7, 11) is -2.23. The Labute approximate surface area is 103 Å². The summed E-state index contributed by atoms with van der Waals surface area (Å²) >= 11 is 5.69. The zero-order valence-electron chi connectivity index (χ0n) is 8.83. The van der Waals surface area contributed by atoms with Crippen LogP contribution in [0, 0.1) is 0 Å². The van der Waals surface area contributed by atoms with E-state index in [2.05, 4.69) is 10.3 Å². The molecule has 0 bridgehead atoms. The third-order valence-electron chi connectivity index (χ3n) is 2.22. The first-order chi connectivity index (χ1) is 7.93. The van der Waals surface area contributed by atoms with Crippen LogP contribution in [0.2, 0.25) is 5.02 Å². The van der Waals surface area contributed by atoms with Crippen LogP contribution in [0.4, 0.5) is 5.82 Å². The van der Waals surface area contributed by atoms with E-state index in [1.54, 1.807) is 0 Å². The van der Waals surface area contributed by atoms with Gasteiger partial charge in [0, 0.05) is 12.1 Å². The molecule has 6 nitrogen and oxygen atoms in total. The minimum absolute atomic E-state index is 0.0000463. The fourth-order valence-corrected chi connectivity index (χ4v) is 2.66. The van der Waals surface area contributed by atoms with Crippen LogP contribution in [0.25, 0.3) is 0 Å². The number of aryl methyl sites for hydroxylation is 1. The van der Waals surface area contributed by atoms with Gasteiger partial charge in [0.15, 0.2) is 5.82 Å². The molecule has 0 saturated carbocycles. The first kappa shape index (κ1) is 11.9. The van der Waals surface area contributed by atoms with Gasteiger partial charge in [-0.1, -0.05) is 16.8 Å². The Balaban J connectivity index is 2.58. The maximum Gasteiger partial charge on any atom is 0.229 e. The molecule has 0 aliphatic carbocycles. The highest BCUT2D eigenvalue weighted by Gasteiger charge is 2.25. The van der Waals surface area contributed by atoms with Gasteiger partial charge in [0.25, 0.3) is 0 Å². The van der Waals surface area contributed by atoms with Crippen molar-refractivity contribution in [3.8, 4) is 0 Å². The number of benzene rings is 1. The SMILES string of the molecule is Cn1nnc(S(=O)(=O)c2ccc(Cl)cc2)c1N. The molecule has 2 rings (SSSR count). The first-order valence-corrected chi connectivity index (χ1v) is 6.45. The van der Waals surface area contributed by atoms with E-state index in [0.717, 1.165) is 0 Å². The normalized spacial score (nSPS) is 11.6. The second kappa shape index (κ2) is 4.01. The number of nitrogen functional groups attached to an aromatic ring is 1. The molecule has 17 heavy (non-hydrogen) atoms. The molecule has 0 saturated heterocycles. The summed E-state index contributed by atoms with van der Waals surface area (Å²) in [5.41, 5.74) is 5.59. The molecular weight excluding hydrogens is 264 g/mol. The lowest BCUT2D eigenvalue weighted by Crippen LogP contribution is -2.06. The maximum atomic E-state index is 12.1. The molecule has 0 aliphatic rings. The number of halogens is 1. The van der Waals surface area contributed by atoms with Crippen LogP contribution in [0.3, 0.4) is 0 Å². The number of sulfone groups is 1. The van der Waals surface area contributed by atoms with Gasteiger partial charge in [0.05, 0.1) is 4.90 Å². The van der Waals surface area contributed by atoms with Crippen LogP contribution < -0.4 is 5.73 Å². The lowest BCUT2D eigenvalue weighted by molar-refractivity contribution is 0.592. The Hall–Kier alpha value is -1.60. The largest absolute Gasteiger partial charge is 0.381 e. The average Bonchev–Trinajstić information content (AvgIpc) is 2.61. The highest BCUT2D eigenvalue weighted by Crippen LogP contribution is 2.24. The molecule has 0 amide bonds. The Bertz CT molecular complexity index is 648. The number of hydrogen-bond acceptors (Lipinski definition) is 5. The standard InChI is InChI=1S/C9H9ClN4O2S/c1-14-8(11)9(12-13-14)17(15,16)7-4-2-6(10)3-5-7/h2-5H,11H2,1H3. The highest BCUT2D eigenvalue weighted by atomic mass is 35.5. The monoisotopic (exact) mass is 272 g/mol. The van der Waals surface area contributed by atoms with Crippen LogP contribution in [0.15, 0.2) is 34.2 Å². The average molecular weight is 273 g/mol. The predicted molar refractivity (Wildman–Crippen MR) is 62.3 cm³/mol. The second-order valence-electron chi connectivity index (χ2n) is 3.36. The third kappa shape index (κ3) is 1.98. The summed E-state index contributed by atoms with van der Waals surface area (Å²) in [6, 6.07) is 5.76.